The highest BCUT2D eigenvalue weighted by atomic mass is 32.1. The topological polar surface area (TPSA) is 38.0 Å². The van der Waals surface area contributed by atoms with Crippen LogP contribution >= 0.6 is 12.2 Å². The Hall–Kier alpha value is -0.830. The van der Waals surface area contributed by atoms with Gasteiger partial charge in [-0.25, -0.2) is 0 Å². The molecular weight excluding hydrogens is 168 g/mol. The van der Waals surface area contributed by atoms with Crippen molar-refractivity contribution in [2.24, 2.45) is 11.7 Å². The van der Waals surface area contributed by atoms with Crippen LogP contribution in [0.4, 0.5) is 0 Å². The van der Waals surface area contributed by atoms with Crippen LogP contribution in [0.2, 0.25) is 0 Å². The number of thiocarbonyl (C=S) groups is 1. The molecule has 0 spiro atoms. The molecule has 2 nitrogen and oxygen atoms in total. The number of hydrogen-bond donors (Lipinski definition) is 2. The highest BCUT2D eigenvalue weighted by molar-refractivity contribution is 7.80. The minimum Gasteiger partial charge on any atom is -0.376 e. The molecule has 0 aromatic heterocycles. The molecule has 1 aliphatic carbocycles. The maximum absolute atomic E-state index is 5.31. The van der Waals surface area contributed by atoms with Crippen molar-refractivity contribution in [2.45, 2.75) is 19.8 Å². The van der Waals surface area contributed by atoms with Crippen LogP contribution in [0.5, 0.6) is 0 Å². The average molecular weight is 182 g/mol. The molecular formula is C9H14N2S. The van der Waals surface area contributed by atoms with Gasteiger partial charge in [-0.3, -0.25) is 0 Å². The molecule has 1 rings (SSSR count). The van der Waals surface area contributed by atoms with Crippen LogP contribution in [-0.4, -0.2) is 5.11 Å². The van der Waals surface area contributed by atoms with Crippen molar-refractivity contribution in [2.75, 3.05) is 0 Å². The van der Waals surface area contributed by atoms with Crippen LogP contribution in [-0.2, 0) is 0 Å². The zero-order chi connectivity index (χ0) is 9.14. The largest absolute Gasteiger partial charge is 0.376 e. The molecule has 0 aromatic rings. The number of nitrogens with one attached hydrogen (secondary N) is 1. The normalized spacial score (nSPS) is 17.2. The minimum absolute atomic E-state index is 0.312. The Morgan fingerprint density at radius 2 is 2.25 bits per heavy atom. The molecule has 1 fully saturated rings. The molecule has 3 N–H and O–H groups in total. The first kappa shape index (κ1) is 9.26. The first-order chi connectivity index (χ1) is 5.59. The predicted octanol–water partition coefficient (Wildman–Crippen LogP) is 1.69. The molecule has 66 valence electrons. The maximum atomic E-state index is 5.31. The molecule has 1 aliphatic rings. The predicted molar refractivity (Wildman–Crippen MR) is 55.5 cm³/mol. The third-order valence-corrected chi connectivity index (χ3v) is 1.93. The highest BCUT2D eigenvalue weighted by Gasteiger charge is 2.22. The molecule has 12 heavy (non-hydrogen) atoms. The van der Waals surface area contributed by atoms with E-state index >= 15 is 0 Å². The van der Waals surface area contributed by atoms with E-state index in [-0.39, 0.29) is 0 Å². The average Bonchev–Trinajstić information content (AvgIpc) is 2.63. The lowest BCUT2D eigenvalue weighted by molar-refractivity contribution is 1.03. The Morgan fingerprint density at radius 1 is 1.67 bits per heavy atom. The number of rotatable bonds is 3. The minimum atomic E-state index is 0.312. The van der Waals surface area contributed by atoms with Crippen LogP contribution in [0.25, 0.3) is 0 Å². The van der Waals surface area contributed by atoms with Crippen LogP contribution in [0.3, 0.4) is 0 Å². The summed E-state index contributed by atoms with van der Waals surface area (Å²) >= 11 is 4.70. The Kier molecular flexibility index (Phi) is 2.87. The summed E-state index contributed by atoms with van der Waals surface area (Å²) in [6, 6.07) is 0. The summed E-state index contributed by atoms with van der Waals surface area (Å²) < 4.78 is 0. The summed E-state index contributed by atoms with van der Waals surface area (Å²) in [5.74, 6) is 0.702. The summed E-state index contributed by atoms with van der Waals surface area (Å²) in [5, 5.41) is 3.18. The second-order valence-corrected chi connectivity index (χ2v) is 3.61. The van der Waals surface area contributed by atoms with E-state index in [0.29, 0.717) is 11.0 Å². The molecule has 0 saturated heterocycles. The van der Waals surface area contributed by atoms with Gasteiger partial charge in [0.05, 0.1) is 0 Å². The van der Waals surface area contributed by atoms with Crippen molar-refractivity contribution in [1.82, 2.24) is 5.32 Å². The SMILES string of the molecule is C=C(/C=C(\C)NC(N)=S)C1CC1. The van der Waals surface area contributed by atoms with Crippen molar-refractivity contribution >= 4 is 17.3 Å². The van der Waals surface area contributed by atoms with Crippen LogP contribution < -0.4 is 11.1 Å². The lowest BCUT2D eigenvalue weighted by Crippen LogP contribution is -2.27. The zero-order valence-corrected chi connectivity index (χ0v) is 8.08. The number of hydrogen-bond acceptors (Lipinski definition) is 1. The van der Waals surface area contributed by atoms with E-state index in [4.69, 9.17) is 18.0 Å². The summed E-state index contributed by atoms with van der Waals surface area (Å²) in [7, 11) is 0. The monoisotopic (exact) mass is 182 g/mol. The van der Waals surface area contributed by atoms with Gasteiger partial charge in [-0.1, -0.05) is 12.2 Å². The van der Waals surface area contributed by atoms with Gasteiger partial charge in [-0.05, 0) is 44.0 Å². The molecule has 0 amide bonds. The van der Waals surface area contributed by atoms with E-state index < -0.39 is 0 Å². The van der Waals surface area contributed by atoms with Crippen molar-refractivity contribution < 1.29 is 0 Å². The van der Waals surface area contributed by atoms with Gasteiger partial charge in [-0.2, -0.15) is 0 Å². The van der Waals surface area contributed by atoms with E-state index in [9.17, 15) is 0 Å². The first-order valence-corrected chi connectivity index (χ1v) is 4.44. The highest BCUT2D eigenvalue weighted by Crippen LogP contribution is 2.36. The molecule has 0 aliphatic heterocycles. The molecule has 0 bridgehead atoms. The third kappa shape index (κ3) is 3.05. The number of nitrogens with two attached hydrogens (primary N) is 1. The van der Waals surface area contributed by atoms with Crippen LogP contribution in [0.15, 0.2) is 23.9 Å². The summed E-state index contributed by atoms with van der Waals surface area (Å²) in [5.41, 5.74) is 7.46. The van der Waals surface area contributed by atoms with Gasteiger partial charge in [0.15, 0.2) is 5.11 Å². The summed E-state index contributed by atoms with van der Waals surface area (Å²) in [6.45, 7) is 5.90. The summed E-state index contributed by atoms with van der Waals surface area (Å²) in [6.07, 6.45) is 4.56. The standard InChI is InChI=1S/C9H14N2S/c1-6(8-3-4-8)5-7(2)11-9(10)12/h5,8H,1,3-4H2,2H3,(H3,10,11,12)/b7-5+. The third-order valence-electron chi connectivity index (χ3n) is 1.82. The van der Waals surface area contributed by atoms with Gasteiger partial charge < -0.3 is 11.1 Å². The van der Waals surface area contributed by atoms with Gasteiger partial charge in [0.2, 0.25) is 0 Å². The fraction of sp³-hybridized carbons (Fsp3) is 0.444. The van der Waals surface area contributed by atoms with Gasteiger partial charge in [-0.15, -0.1) is 0 Å². The van der Waals surface area contributed by atoms with E-state index in [1.165, 1.54) is 18.4 Å². The second-order valence-electron chi connectivity index (χ2n) is 3.17. The first-order valence-electron chi connectivity index (χ1n) is 4.03. The Bertz CT molecular complexity index is 239. The quantitative estimate of drug-likeness (QED) is 0.515. The van der Waals surface area contributed by atoms with E-state index in [0.717, 1.165) is 5.70 Å². The Morgan fingerprint density at radius 3 is 2.67 bits per heavy atom. The zero-order valence-electron chi connectivity index (χ0n) is 7.26. The van der Waals surface area contributed by atoms with Crippen molar-refractivity contribution in [1.29, 1.82) is 0 Å². The summed E-state index contributed by atoms with van der Waals surface area (Å²) in [4.78, 5) is 0. The molecule has 0 atom stereocenters. The molecule has 0 heterocycles. The smallest absolute Gasteiger partial charge is 0.167 e. The molecule has 0 radical (unpaired) electrons. The molecule has 0 unspecified atom stereocenters. The maximum Gasteiger partial charge on any atom is 0.167 e. The van der Waals surface area contributed by atoms with Crippen molar-refractivity contribution in [3.8, 4) is 0 Å². The molecule has 1 saturated carbocycles. The fourth-order valence-corrected chi connectivity index (χ4v) is 1.24. The molecule has 0 aromatic carbocycles. The van der Waals surface area contributed by atoms with Crippen LogP contribution in [0.1, 0.15) is 19.8 Å². The van der Waals surface area contributed by atoms with E-state index in [1.807, 2.05) is 13.0 Å². The molecule has 3 heteroatoms. The van der Waals surface area contributed by atoms with Crippen LogP contribution in [0, 0.1) is 5.92 Å². The Balaban J connectivity index is 2.42. The van der Waals surface area contributed by atoms with Crippen molar-refractivity contribution in [3.63, 3.8) is 0 Å². The number of allylic oxidation sites excluding steroid dienone is 3. The van der Waals surface area contributed by atoms with Gasteiger partial charge in [0.25, 0.3) is 0 Å². The lowest BCUT2D eigenvalue weighted by Gasteiger charge is -2.03. The fourth-order valence-electron chi connectivity index (χ4n) is 1.08. The lowest BCUT2D eigenvalue weighted by atomic mass is 10.2. The second kappa shape index (κ2) is 3.72. The van der Waals surface area contributed by atoms with E-state index in [2.05, 4.69) is 11.9 Å². The Labute approximate surface area is 78.5 Å². The van der Waals surface area contributed by atoms with Gasteiger partial charge in [0.1, 0.15) is 0 Å². The van der Waals surface area contributed by atoms with Gasteiger partial charge >= 0.3 is 0 Å². The van der Waals surface area contributed by atoms with Gasteiger partial charge in [0, 0.05) is 5.70 Å². The van der Waals surface area contributed by atoms with Crippen molar-refractivity contribution in [3.05, 3.63) is 23.9 Å². The van der Waals surface area contributed by atoms with E-state index in [1.54, 1.807) is 0 Å².